The van der Waals surface area contributed by atoms with E-state index >= 15 is 0 Å². The Balaban J connectivity index is 2.14. The Morgan fingerprint density at radius 3 is 2.93 bits per heavy atom. The molecule has 0 atom stereocenters. The molecule has 0 saturated carbocycles. The number of nitrogens with one attached hydrogen (secondary N) is 1. The van der Waals surface area contributed by atoms with E-state index in [1.165, 1.54) is 12.1 Å². The Labute approximate surface area is 90.7 Å². The number of carbonyl (C=O) groups excluding carboxylic acids is 1. The third kappa shape index (κ3) is 2.02. The van der Waals surface area contributed by atoms with E-state index in [-0.39, 0.29) is 16.9 Å². The lowest BCUT2D eigenvalue weighted by Crippen LogP contribution is -2.14. The SMILES string of the molecule is Cn1ccnc1NC(=O)c1ccc(Cl)o1. The minimum absolute atomic E-state index is 0.156. The zero-order chi connectivity index (χ0) is 10.8. The highest BCUT2D eigenvalue weighted by molar-refractivity contribution is 6.29. The number of anilines is 1. The molecule has 2 aromatic heterocycles. The molecule has 5 nitrogen and oxygen atoms in total. The molecule has 15 heavy (non-hydrogen) atoms. The minimum Gasteiger partial charge on any atom is -0.440 e. The van der Waals surface area contributed by atoms with Crippen molar-refractivity contribution >= 4 is 23.5 Å². The fourth-order valence-electron chi connectivity index (χ4n) is 1.09. The van der Waals surface area contributed by atoms with E-state index in [9.17, 15) is 4.79 Å². The third-order valence-corrected chi connectivity index (χ3v) is 2.05. The maximum Gasteiger partial charge on any atom is 0.293 e. The number of hydrogen-bond donors (Lipinski definition) is 1. The first-order chi connectivity index (χ1) is 7.16. The van der Waals surface area contributed by atoms with Crippen LogP contribution in [0.15, 0.2) is 28.9 Å². The topological polar surface area (TPSA) is 60.1 Å². The van der Waals surface area contributed by atoms with Crippen molar-refractivity contribution in [2.45, 2.75) is 0 Å². The quantitative estimate of drug-likeness (QED) is 0.850. The first-order valence-electron chi connectivity index (χ1n) is 4.21. The summed E-state index contributed by atoms with van der Waals surface area (Å²) in [7, 11) is 1.78. The highest BCUT2D eigenvalue weighted by atomic mass is 35.5. The molecule has 2 rings (SSSR count). The van der Waals surface area contributed by atoms with Gasteiger partial charge < -0.3 is 8.98 Å². The Morgan fingerprint density at radius 1 is 1.60 bits per heavy atom. The van der Waals surface area contributed by atoms with E-state index in [4.69, 9.17) is 16.0 Å². The largest absolute Gasteiger partial charge is 0.440 e. The summed E-state index contributed by atoms with van der Waals surface area (Å²) in [5.74, 6) is 0.228. The molecule has 0 aliphatic rings. The summed E-state index contributed by atoms with van der Waals surface area (Å²) in [5, 5.41) is 2.76. The molecule has 2 aromatic rings. The molecule has 0 aliphatic heterocycles. The standard InChI is InChI=1S/C9H8ClN3O2/c1-13-5-4-11-9(13)12-8(14)6-2-3-7(10)15-6/h2-5H,1H3,(H,11,12,14). The Kier molecular flexibility index (Phi) is 2.47. The number of hydrogen-bond acceptors (Lipinski definition) is 3. The molecule has 6 heteroatoms. The van der Waals surface area contributed by atoms with Crippen LogP contribution in [0.25, 0.3) is 0 Å². The first kappa shape index (κ1) is 9.79. The number of nitrogens with zero attached hydrogens (tertiary/aromatic N) is 2. The van der Waals surface area contributed by atoms with Gasteiger partial charge in [0.05, 0.1) is 0 Å². The van der Waals surface area contributed by atoms with Crippen LogP contribution in [0.4, 0.5) is 5.95 Å². The monoisotopic (exact) mass is 225 g/mol. The number of furan rings is 1. The van der Waals surface area contributed by atoms with Crippen molar-refractivity contribution in [3.05, 3.63) is 35.5 Å². The highest BCUT2D eigenvalue weighted by Gasteiger charge is 2.12. The van der Waals surface area contributed by atoms with Gasteiger partial charge in [-0.2, -0.15) is 0 Å². The van der Waals surface area contributed by atoms with Crippen LogP contribution in [0.2, 0.25) is 5.22 Å². The van der Waals surface area contributed by atoms with Crippen molar-refractivity contribution in [1.82, 2.24) is 9.55 Å². The van der Waals surface area contributed by atoms with E-state index < -0.39 is 0 Å². The summed E-state index contributed by atoms with van der Waals surface area (Å²) < 4.78 is 6.63. The molecule has 0 unspecified atom stereocenters. The first-order valence-corrected chi connectivity index (χ1v) is 4.58. The highest BCUT2D eigenvalue weighted by Crippen LogP contribution is 2.14. The molecule has 0 radical (unpaired) electrons. The Morgan fingerprint density at radius 2 is 2.40 bits per heavy atom. The van der Waals surface area contributed by atoms with Gasteiger partial charge in [0.15, 0.2) is 11.0 Å². The molecule has 1 N–H and O–H groups in total. The van der Waals surface area contributed by atoms with Crippen molar-refractivity contribution in [3.8, 4) is 0 Å². The molecule has 0 spiro atoms. The second-order valence-corrected chi connectivity index (χ2v) is 3.29. The lowest BCUT2D eigenvalue weighted by Gasteiger charge is -2.01. The van der Waals surface area contributed by atoms with Gasteiger partial charge in [-0.1, -0.05) is 0 Å². The number of carbonyl (C=O) groups is 1. The summed E-state index contributed by atoms with van der Waals surface area (Å²) in [6.45, 7) is 0. The molecule has 0 aliphatic carbocycles. The molecule has 2 heterocycles. The van der Waals surface area contributed by atoms with Crippen LogP contribution >= 0.6 is 11.6 Å². The average Bonchev–Trinajstić information content (AvgIpc) is 2.77. The van der Waals surface area contributed by atoms with E-state index in [0.717, 1.165) is 0 Å². The van der Waals surface area contributed by atoms with Gasteiger partial charge in [0.1, 0.15) is 0 Å². The lowest BCUT2D eigenvalue weighted by molar-refractivity contribution is 0.0995. The Bertz CT molecular complexity index is 489. The fraction of sp³-hybridized carbons (Fsp3) is 0.111. The van der Waals surface area contributed by atoms with Gasteiger partial charge in [-0.25, -0.2) is 4.98 Å². The number of aryl methyl sites for hydroxylation is 1. The van der Waals surface area contributed by atoms with E-state index in [1.54, 1.807) is 24.0 Å². The van der Waals surface area contributed by atoms with E-state index in [0.29, 0.717) is 5.95 Å². The molecule has 0 saturated heterocycles. The number of rotatable bonds is 2. The van der Waals surface area contributed by atoms with Gasteiger partial charge >= 0.3 is 0 Å². The molecule has 1 amide bonds. The van der Waals surface area contributed by atoms with Crippen molar-refractivity contribution in [2.75, 3.05) is 5.32 Å². The second kappa shape index (κ2) is 3.78. The molecule has 0 fully saturated rings. The lowest BCUT2D eigenvalue weighted by atomic mass is 10.4. The van der Waals surface area contributed by atoms with Gasteiger partial charge in [-0.05, 0) is 23.7 Å². The summed E-state index contributed by atoms with van der Waals surface area (Å²) >= 11 is 5.55. The molecular weight excluding hydrogens is 218 g/mol. The normalized spacial score (nSPS) is 10.3. The zero-order valence-corrected chi connectivity index (χ0v) is 8.65. The van der Waals surface area contributed by atoms with Crippen molar-refractivity contribution in [2.24, 2.45) is 7.05 Å². The van der Waals surface area contributed by atoms with E-state index in [1.807, 2.05) is 0 Å². The van der Waals surface area contributed by atoms with Gasteiger partial charge in [-0.15, -0.1) is 0 Å². The van der Waals surface area contributed by atoms with Crippen molar-refractivity contribution < 1.29 is 9.21 Å². The van der Waals surface area contributed by atoms with Crippen LogP contribution in [0, 0.1) is 0 Å². The van der Waals surface area contributed by atoms with Crippen LogP contribution in [-0.4, -0.2) is 15.5 Å². The Hall–Kier alpha value is -1.75. The van der Waals surface area contributed by atoms with Crippen molar-refractivity contribution in [1.29, 1.82) is 0 Å². The maximum absolute atomic E-state index is 11.6. The number of aromatic nitrogens is 2. The average molecular weight is 226 g/mol. The van der Waals surface area contributed by atoms with Gasteiger partial charge in [-0.3, -0.25) is 10.1 Å². The molecule has 0 aromatic carbocycles. The molecule has 78 valence electrons. The van der Waals surface area contributed by atoms with Crippen LogP contribution in [-0.2, 0) is 7.05 Å². The summed E-state index contributed by atoms with van der Waals surface area (Å²) in [4.78, 5) is 15.5. The van der Waals surface area contributed by atoms with Crippen LogP contribution in [0.3, 0.4) is 0 Å². The summed E-state index contributed by atoms with van der Waals surface area (Å²) in [6.07, 6.45) is 3.31. The second-order valence-electron chi connectivity index (χ2n) is 2.92. The maximum atomic E-state index is 11.6. The predicted octanol–water partition coefficient (Wildman–Crippen LogP) is 1.92. The number of halogens is 1. The molecule has 0 bridgehead atoms. The van der Waals surface area contributed by atoms with E-state index in [2.05, 4.69) is 10.3 Å². The summed E-state index contributed by atoms with van der Waals surface area (Å²) in [6, 6.07) is 3.01. The smallest absolute Gasteiger partial charge is 0.293 e. The van der Waals surface area contributed by atoms with Crippen LogP contribution in [0.1, 0.15) is 10.6 Å². The minimum atomic E-state index is -0.379. The van der Waals surface area contributed by atoms with Gasteiger partial charge in [0, 0.05) is 19.4 Å². The zero-order valence-electron chi connectivity index (χ0n) is 7.90. The number of imidazole rings is 1. The predicted molar refractivity (Wildman–Crippen MR) is 54.9 cm³/mol. The number of amides is 1. The van der Waals surface area contributed by atoms with Gasteiger partial charge in [0.25, 0.3) is 5.91 Å². The van der Waals surface area contributed by atoms with Crippen molar-refractivity contribution in [3.63, 3.8) is 0 Å². The van der Waals surface area contributed by atoms with Crippen LogP contribution in [0.5, 0.6) is 0 Å². The molecular formula is C9H8ClN3O2. The fourth-order valence-corrected chi connectivity index (χ4v) is 1.23. The third-order valence-electron chi connectivity index (χ3n) is 1.84. The summed E-state index contributed by atoms with van der Waals surface area (Å²) in [5.41, 5.74) is 0. The van der Waals surface area contributed by atoms with Gasteiger partial charge in [0.2, 0.25) is 5.95 Å². The van der Waals surface area contributed by atoms with Crippen LogP contribution < -0.4 is 5.32 Å².